The van der Waals surface area contributed by atoms with Crippen molar-refractivity contribution in [2.45, 2.75) is 25.3 Å². The smallest absolute Gasteiger partial charge is 0.251 e. The number of rotatable bonds is 5. The standard InChI is InChI=1S/C18H22N2O3S/c1-13-9-10-15(11-14(13)2)18(21)19-12-16-7-5-6-8-17(16)24(22,23)20(3)4/h5-11H,12H2,1-4H3,(H,19,21). The van der Waals surface area contributed by atoms with Crippen LogP contribution in [-0.2, 0) is 16.6 Å². The van der Waals surface area contributed by atoms with Gasteiger partial charge in [0.1, 0.15) is 0 Å². The first-order valence-corrected chi connectivity index (χ1v) is 9.03. The lowest BCUT2D eigenvalue weighted by Crippen LogP contribution is -2.27. The molecule has 1 amide bonds. The van der Waals surface area contributed by atoms with Gasteiger partial charge in [-0.05, 0) is 48.7 Å². The third kappa shape index (κ3) is 3.83. The minimum atomic E-state index is -3.55. The average molecular weight is 346 g/mol. The highest BCUT2D eigenvalue weighted by molar-refractivity contribution is 7.89. The quantitative estimate of drug-likeness (QED) is 0.904. The lowest BCUT2D eigenvalue weighted by atomic mass is 10.1. The van der Waals surface area contributed by atoms with E-state index < -0.39 is 10.0 Å². The Labute approximate surface area is 143 Å². The molecule has 2 aromatic rings. The van der Waals surface area contributed by atoms with E-state index in [0.717, 1.165) is 15.4 Å². The molecule has 0 radical (unpaired) electrons. The Kier molecular flexibility index (Phi) is 5.41. The molecule has 0 fully saturated rings. The summed E-state index contributed by atoms with van der Waals surface area (Å²) in [6.45, 7) is 4.08. The second-order valence-electron chi connectivity index (χ2n) is 5.88. The van der Waals surface area contributed by atoms with E-state index in [2.05, 4.69) is 5.32 Å². The summed E-state index contributed by atoms with van der Waals surface area (Å²) in [7, 11) is -0.579. The number of hydrogen-bond acceptors (Lipinski definition) is 3. The number of nitrogens with one attached hydrogen (secondary N) is 1. The van der Waals surface area contributed by atoms with Crippen molar-refractivity contribution in [3.63, 3.8) is 0 Å². The summed E-state index contributed by atoms with van der Waals surface area (Å²) in [6, 6.07) is 12.2. The topological polar surface area (TPSA) is 66.5 Å². The Morgan fingerprint density at radius 1 is 1.04 bits per heavy atom. The van der Waals surface area contributed by atoms with Gasteiger partial charge in [-0.15, -0.1) is 0 Å². The molecule has 128 valence electrons. The normalized spacial score (nSPS) is 11.5. The summed E-state index contributed by atoms with van der Waals surface area (Å²) in [5.41, 5.74) is 3.28. The zero-order valence-corrected chi connectivity index (χ0v) is 15.1. The van der Waals surface area contributed by atoms with Crippen LogP contribution in [0.15, 0.2) is 47.4 Å². The molecule has 0 saturated carbocycles. The first kappa shape index (κ1) is 18.2. The second kappa shape index (κ2) is 7.15. The van der Waals surface area contributed by atoms with Gasteiger partial charge in [0, 0.05) is 26.2 Å². The Hall–Kier alpha value is -2.18. The maximum atomic E-state index is 12.4. The van der Waals surface area contributed by atoms with Gasteiger partial charge in [-0.1, -0.05) is 24.3 Å². The number of sulfonamides is 1. The van der Waals surface area contributed by atoms with Crippen LogP contribution in [0, 0.1) is 13.8 Å². The zero-order chi connectivity index (χ0) is 17.9. The summed E-state index contributed by atoms with van der Waals surface area (Å²) in [6.07, 6.45) is 0. The number of benzene rings is 2. The summed E-state index contributed by atoms with van der Waals surface area (Å²) in [4.78, 5) is 12.5. The van der Waals surface area contributed by atoms with E-state index in [0.29, 0.717) is 11.1 Å². The van der Waals surface area contributed by atoms with E-state index in [1.165, 1.54) is 14.1 Å². The number of aryl methyl sites for hydroxylation is 2. The molecule has 0 heterocycles. The Morgan fingerprint density at radius 2 is 1.71 bits per heavy atom. The predicted molar refractivity (Wildman–Crippen MR) is 94.4 cm³/mol. The highest BCUT2D eigenvalue weighted by atomic mass is 32.2. The molecular weight excluding hydrogens is 324 g/mol. The molecular formula is C18H22N2O3S. The van der Waals surface area contributed by atoms with Crippen LogP contribution in [0.25, 0.3) is 0 Å². The van der Waals surface area contributed by atoms with Crippen molar-refractivity contribution < 1.29 is 13.2 Å². The molecule has 0 atom stereocenters. The summed E-state index contributed by atoms with van der Waals surface area (Å²) >= 11 is 0. The fraction of sp³-hybridized carbons (Fsp3) is 0.278. The maximum Gasteiger partial charge on any atom is 0.251 e. The van der Waals surface area contributed by atoms with Crippen molar-refractivity contribution in [1.82, 2.24) is 9.62 Å². The van der Waals surface area contributed by atoms with Crippen LogP contribution in [0.5, 0.6) is 0 Å². The molecule has 6 heteroatoms. The van der Waals surface area contributed by atoms with Gasteiger partial charge in [-0.2, -0.15) is 0 Å². The van der Waals surface area contributed by atoms with E-state index in [1.54, 1.807) is 30.3 Å². The van der Waals surface area contributed by atoms with Gasteiger partial charge in [0.05, 0.1) is 4.90 Å². The molecule has 0 aromatic heterocycles. The van der Waals surface area contributed by atoms with Gasteiger partial charge in [0.25, 0.3) is 5.91 Å². The predicted octanol–water partition coefficient (Wildman–Crippen LogP) is 2.48. The van der Waals surface area contributed by atoms with E-state index in [-0.39, 0.29) is 17.3 Å². The minimum absolute atomic E-state index is 0.148. The van der Waals surface area contributed by atoms with Crippen LogP contribution >= 0.6 is 0 Å². The molecule has 0 aliphatic heterocycles. The molecule has 2 aromatic carbocycles. The van der Waals surface area contributed by atoms with Crippen LogP contribution in [-0.4, -0.2) is 32.7 Å². The van der Waals surface area contributed by atoms with Crippen molar-refractivity contribution in [3.05, 3.63) is 64.7 Å². The molecule has 0 aliphatic rings. The molecule has 0 aliphatic carbocycles. The SMILES string of the molecule is Cc1ccc(C(=O)NCc2ccccc2S(=O)(=O)N(C)C)cc1C. The van der Waals surface area contributed by atoms with Crippen LogP contribution in [0.1, 0.15) is 27.0 Å². The third-order valence-electron chi connectivity index (χ3n) is 3.94. The molecule has 0 unspecified atom stereocenters. The van der Waals surface area contributed by atoms with Crippen LogP contribution in [0.2, 0.25) is 0 Å². The molecule has 1 N–H and O–H groups in total. The highest BCUT2D eigenvalue weighted by Gasteiger charge is 2.20. The van der Waals surface area contributed by atoms with Crippen molar-refractivity contribution >= 4 is 15.9 Å². The molecule has 0 saturated heterocycles. The number of carbonyl (C=O) groups excluding carboxylic acids is 1. The fourth-order valence-corrected chi connectivity index (χ4v) is 3.37. The molecule has 5 nitrogen and oxygen atoms in total. The average Bonchev–Trinajstić information content (AvgIpc) is 2.55. The fourth-order valence-electron chi connectivity index (χ4n) is 2.26. The lowest BCUT2D eigenvalue weighted by Gasteiger charge is -2.15. The summed E-state index contributed by atoms with van der Waals surface area (Å²) in [5, 5.41) is 2.79. The summed E-state index contributed by atoms with van der Waals surface area (Å²) in [5.74, 6) is -0.227. The first-order chi connectivity index (χ1) is 11.2. The zero-order valence-electron chi connectivity index (χ0n) is 14.3. The van der Waals surface area contributed by atoms with Crippen molar-refractivity contribution in [3.8, 4) is 0 Å². The van der Waals surface area contributed by atoms with Crippen molar-refractivity contribution in [2.75, 3.05) is 14.1 Å². The lowest BCUT2D eigenvalue weighted by molar-refractivity contribution is 0.0950. The van der Waals surface area contributed by atoms with E-state index in [9.17, 15) is 13.2 Å². The third-order valence-corrected chi connectivity index (χ3v) is 5.86. The van der Waals surface area contributed by atoms with Crippen molar-refractivity contribution in [1.29, 1.82) is 0 Å². The molecule has 2 rings (SSSR count). The van der Waals surface area contributed by atoms with Gasteiger partial charge >= 0.3 is 0 Å². The molecule has 24 heavy (non-hydrogen) atoms. The van der Waals surface area contributed by atoms with Crippen molar-refractivity contribution in [2.24, 2.45) is 0 Å². The minimum Gasteiger partial charge on any atom is -0.348 e. The number of amides is 1. The van der Waals surface area contributed by atoms with Gasteiger partial charge in [-0.3, -0.25) is 4.79 Å². The molecule has 0 spiro atoms. The van der Waals surface area contributed by atoms with E-state index >= 15 is 0 Å². The Balaban J connectivity index is 2.21. The summed E-state index contributed by atoms with van der Waals surface area (Å²) < 4.78 is 25.9. The second-order valence-corrected chi connectivity index (χ2v) is 8.00. The largest absolute Gasteiger partial charge is 0.348 e. The Bertz CT molecular complexity index is 858. The van der Waals surface area contributed by atoms with Crippen LogP contribution in [0.3, 0.4) is 0 Å². The first-order valence-electron chi connectivity index (χ1n) is 7.59. The Morgan fingerprint density at radius 3 is 2.33 bits per heavy atom. The van der Waals surface area contributed by atoms with E-state index in [1.807, 2.05) is 26.0 Å². The van der Waals surface area contributed by atoms with Gasteiger partial charge < -0.3 is 5.32 Å². The number of nitrogens with zero attached hydrogens (tertiary/aromatic N) is 1. The maximum absolute atomic E-state index is 12.4. The highest BCUT2D eigenvalue weighted by Crippen LogP contribution is 2.18. The van der Waals surface area contributed by atoms with Gasteiger partial charge in [0.15, 0.2) is 0 Å². The van der Waals surface area contributed by atoms with Crippen LogP contribution in [0.4, 0.5) is 0 Å². The van der Waals surface area contributed by atoms with Crippen LogP contribution < -0.4 is 5.32 Å². The van der Waals surface area contributed by atoms with E-state index in [4.69, 9.17) is 0 Å². The number of hydrogen-bond donors (Lipinski definition) is 1. The number of carbonyl (C=O) groups is 1. The van der Waals surface area contributed by atoms with Gasteiger partial charge in [0.2, 0.25) is 10.0 Å². The van der Waals surface area contributed by atoms with Gasteiger partial charge in [-0.25, -0.2) is 12.7 Å². The molecule has 0 bridgehead atoms. The monoisotopic (exact) mass is 346 g/mol.